The first-order valence-corrected chi connectivity index (χ1v) is 2.24. The van der Waals surface area contributed by atoms with Crippen LogP contribution in [0.3, 0.4) is 0 Å². The van der Waals surface area contributed by atoms with E-state index in [2.05, 4.69) is 0 Å². The topological polar surface area (TPSA) is 57.5 Å². The van der Waals surface area contributed by atoms with E-state index in [9.17, 15) is 4.79 Å². The molecule has 0 aliphatic heterocycles. The molecule has 0 saturated heterocycles. The Bertz CT molecular complexity index is 85.7. The first kappa shape index (κ1) is 7.33. The minimum absolute atomic E-state index is 0.110. The van der Waals surface area contributed by atoms with Crippen molar-refractivity contribution in [2.45, 2.75) is 12.7 Å². The fraction of sp³-hybridized carbons (Fsp3) is 0.400. The fourth-order valence-electron chi connectivity index (χ4n) is 0.256. The van der Waals surface area contributed by atoms with Gasteiger partial charge in [0.1, 0.15) is 6.29 Å². The Balaban J connectivity index is 3.15. The zero-order chi connectivity index (χ0) is 6.41. The van der Waals surface area contributed by atoms with Crippen LogP contribution < -0.4 is 0 Å². The van der Waals surface area contributed by atoms with Gasteiger partial charge >= 0.3 is 0 Å². The van der Waals surface area contributed by atoms with E-state index in [1.165, 1.54) is 12.2 Å². The molecule has 0 amide bonds. The smallest absolute Gasteiger partial charge is 0.154 e. The van der Waals surface area contributed by atoms with Crippen LogP contribution in [0.1, 0.15) is 6.42 Å². The summed E-state index contributed by atoms with van der Waals surface area (Å²) >= 11 is 0. The number of carbonyl (C=O) groups is 1. The third-order valence-corrected chi connectivity index (χ3v) is 0.562. The maximum Gasteiger partial charge on any atom is 0.154 e. The van der Waals surface area contributed by atoms with Gasteiger partial charge in [-0.25, -0.2) is 0 Å². The Kier molecular flexibility index (Phi) is 4.11. The molecule has 0 spiro atoms. The molecule has 0 radical (unpaired) electrons. The Hall–Kier alpha value is -0.670. The van der Waals surface area contributed by atoms with Gasteiger partial charge in [0, 0.05) is 6.42 Å². The normalized spacial score (nSPS) is 10.9. The van der Waals surface area contributed by atoms with Gasteiger partial charge < -0.3 is 10.2 Å². The van der Waals surface area contributed by atoms with Gasteiger partial charge in [0.15, 0.2) is 6.29 Å². The van der Waals surface area contributed by atoms with Crippen molar-refractivity contribution in [2.24, 2.45) is 0 Å². The molecule has 0 atom stereocenters. The van der Waals surface area contributed by atoms with Crippen LogP contribution in [-0.2, 0) is 4.79 Å². The lowest BCUT2D eigenvalue weighted by atomic mass is 10.4. The zero-order valence-corrected chi connectivity index (χ0v) is 4.32. The molecule has 0 bridgehead atoms. The second kappa shape index (κ2) is 4.49. The second-order valence-electron chi connectivity index (χ2n) is 1.28. The highest BCUT2D eigenvalue weighted by Crippen LogP contribution is 1.85. The van der Waals surface area contributed by atoms with E-state index in [0.29, 0.717) is 6.29 Å². The van der Waals surface area contributed by atoms with Crippen LogP contribution in [0.2, 0.25) is 0 Å². The molecule has 8 heavy (non-hydrogen) atoms. The number of hydrogen-bond donors (Lipinski definition) is 2. The summed E-state index contributed by atoms with van der Waals surface area (Å²) in [6.45, 7) is 0. The van der Waals surface area contributed by atoms with Crippen molar-refractivity contribution in [1.29, 1.82) is 0 Å². The summed E-state index contributed by atoms with van der Waals surface area (Å²) < 4.78 is 0. The number of aliphatic hydroxyl groups excluding tert-OH is 1. The summed E-state index contributed by atoms with van der Waals surface area (Å²) in [6.07, 6.45) is 1.96. The number of hydrogen-bond acceptors (Lipinski definition) is 3. The molecule has 0 aliphatic carbocycles. The predicted octanol–water partition coefficient (Wildman–Crippen LogP) is -0.558. The van der Waals surface area contributed by atoms with Gasteiger partial charge in [0.25, 0.3) is 0 Å². The summed E-state index contributed by atoms with van der Waals surface area (Å²) in [4.78, 5) is 9.54. The molecule has 0 saturated carbocycles. The van der Waals surface area contributed by atoms with Crippen molar-refractivity contribution >= 4 is 6.29 Å². The lowest BCUT2D eigenvalue weighted by Gasteiger charge is -1.92. The molecular weight excluding hydrogens is 108 g/mol. The maximum atomic E-state index is 9.54. The number of aliphatic hydroxyl groups is 2. The van der Waals surface area contributed by atoms with E-state index in [1.807, 2.05) is 0 Å². The molecule has 0 aromatic rings. The van der Waals surface area contributed by atoms with Crippen molar-refractivity contribution in [3.63, 3.8) is 0 Å². The first-order valence-electron chi connectivity index (χ1n) is 2.24. The molecule has 0 unspecified atom stereocenters. The molecule has 3 nitrogen and oxygen atoms in total. The average Bonchev–Trinajstić information content (AvgIpc) is 1.66. The highest BCUT2D eigenvalue weighted by atomic mass is 16.5. The minimum Gasteiger partial charge on any atom is -0.368 e. The number of rotatable bonds is 3. The van der Waals surface area contributed by atoms with E-state index >= 15 is 0 Å². The van der Waals surface area contributed by atoms with Crippen LogP contribution in [0.5, 0.6) is 0 Å². The Morgan fingerprint density at radius 1 is 1.50 bits per heavy atom. The standard InChI is InChI=1S/C5H8O3/c6-4-2-1-3-5(7)8/h1-2,4-5,7-8H,3H2. The van der Waals surface area contributed by atoms with Gasteiger partial charge in [0.05, 0.1) is 0 Å². The Labute approximate surface area is 47.3 Å². The van der Waals surface area contributed by atoms with Gasteiger partial charge in [-0.2, -0.15) is 0 Å². The minimum atomic E-state index is -1.34. The summed E-state index contributed by atoms with van der Waals surface area (Å²) in [7, 11) is 0. The third-order valence-electron chi connectivity index (χ3n) is 0.562. The van der Waals surface area contributed by atoms with Gasteiger partial charge in [-0.3, -0.25) is 4.79 Å². The van der Waals surface area contributed by atoms with E-state index in [-0.39, 0.29) is 6.42 Å². The molecule has 3 heteroatoms. The second-order valence-corrected chi connectivity index (χ2v) is 1.28. The van der Waals surface area contributed by atoms with Gasteiger partial charge in [-0.05, 0) is 6.08 Å². The summed E-state index contributed by atoms with van der Waals surface area (Å²) in [5.74, 6) is 0. The quantitative estimate of drug-likeness (QED) is 0.295. The van der Waals surface area contributed by atoms with Crippen LogP contribution >= 0.6 is 0 Å². The van der Waals surface area contributed by atoms with Crippen molar-refractivity contribution in [1.82, 2.24) is 0 Å². The largest absolute Gasteiger partial charge is 0.368 e. The van der Waals surface area contributed by atoms with Crippen LogP contribution in [0.25, 0.3) is 0 Å². The Morgan fingerprint density at radius 3 is 2.50 bits per heavy atom. The molecule has 46 valence electrons. The molecule has 2 N–H and O–H groups in total. The zero-order valence-electron chi connectivity index (χ0n) is 4.32. The van der Waals surface area contributed by atoms with Gasteiger partial charge in [-0.1, -0.05) is 6.08 Å². The highest BCUT2D eigenvalue weighted by Gasteiger charge is 1.88. The maximum absolute atomic E-state index is 9.54. The average molecular weight is 116 g/mol. The summed E-state index contributed by atoms with van der Waals surface area (Å²) in [5, 5.41) is 16.3. The van der Waals surface area contributed by atoms with Crippen molar-refractivity contribution in [2.75, 3.05) is 0 Å². The van der Waals surface area contributed by atoms with E-state index in [1.54, 1.807) is 0 Å². The number of allylic oxidation sites excluding steroid dienone is 1. The van der Waals surface area contributed by atoms with E-state index in [4.69, 9.17) is 10.2 Å². The van der Waals surface area contributed by atoms with Crippen LogP contribution in [0.4, 0.5) is 0 Å². The Morgan fingerprint density at radius 2 is 2.12 bits per heavy atom. The summed E-state index contributed by atoms with van der Waals surface area (Å²) in [5.41, 5.74) is 0. The van der Waals surface area contributed by atoms with E-state index < -0.39 is 6.29 Å². The molecule has 0 heterocycles. The van der Waals surface area contributed by atoms with Gasteiger partial charge in [-0.15, -0.1) is 0 Å². The van der Waals surface area contributed by atoms with Crippen LogP contribution in [0.15, 0.2) is 12.2 Å². The molecular formula is C5H8O3. The fourth-order valence-corrected chi connectivity index (χ4v) is 0.256. The first-order chi connectivity index (χ1) is 3.77. The molecule has 0 aliphatic rings. The van der Waals surface area contributed by atoms with Crippen molar-refractivity contribution in [3.05, 3.63) is 12.2 Å². The van der Waals surface area contributed by atoms with Crippen LogP contribution in [-0.4, -0.2) is 22.8 Å². The highest BCUT2D eigenvalue weighted by molar-refractivity contribution is 5.64. The van der Waals surface area contributed by atoms with Crippen LogP contribution in [0, 0.1) is 0 Å². The molecule has 0 rings (SSSR count). The number of carbonyl (C=O) groups excluding carboxylic acids is 1. The van der Waals surface area contributed by atoms with Crippen molar-refractivity contribution < 1.29 is 15.0 Å². The van der Waals surface area contributed by atoms with E-state index in [0.717, 1.165) is 0 Å². The lowest BCUT2D eigenvalue weighted by molar-refractivity contribution is -0.104. The lowest BCUT2D eigenvalue weighted by Crippen LogP contribution is -2.00. The molecule has 0 aromatic heterocycles. The van der Waals surface area contributed by atoms with Gasteiger partial charge in [0.2, 0.25) is 0 Å². The molecule has 0 aromatic carbocycles. The number of aldehydes is 1. The monoisotopic (exact) mass is 116 g/mol. The summed E-state index contributed by atoms with van der Waals surface area (Å²) in [6, 6.07) is 0. The SMILES string of the molecule is O=CC=CCC(O)O. The molecule has 0 fully saturated rings. The third kappa shape index (κ3) is 5.33. The van der Waals surface area contributed by atoms with Crippen molar-refractivity contribution in [3.8, 4) is 0 Å². The predicted molar refractivity (Wildman–Crippen MR) is 28.0 cm³/mol.